The zero-order valence-corrected chi connectivity index (χ0v) is 7.06. The molecule has 0 aliphatic heterocycles. The predicted molar refractivity (Wildman–Crippen MR) is 44.0 cm³/mol. The summed E-state index contributed by atoms with van der Waals surface area (Å²) in [5, 5.41) is 0. The highest BCUT2D eigenvalue weighted by Gasteiger charge is 1.90. The van der Waals surface area contributed by atoms with E-state index in [2.05, 4.69) is 30.2 Å². The van der Waals surface area contributed by atoms with E-state index in [9.17, 15) is 0 Å². The monoisotopic (exact) mass is 151 g/mol. The van der Waals surface area contributed by atoms with Crippen molar-refractivity contribution in [1.82, 2.24) is 4.72 Å². The molecule has 0 aliphatic rings. The molecular formula is C5H13NS2. The van der Waals surface area contributed by atoms with E-state index in [0.717, 1.165) is 12.5 Å². The lowest BCUT2D eigenvalue weighted by Gasteiger charge is -2.01. The van der Waals surface area contributed by atoms with E-state index >= 15 is 0 Å². The molecule has 1 N–H and O–H groups in total. The minimum absolute atomic E-state index is 0.794. The maximum atomic E-state index is 3.93. The first-order valence-corrected chi connectivity index (χ1v) is 4.67. The van der Waals surface area contributed by atoms with Crippen LogP contribution < -0.4 is 4.72 Å². The van der Waals surface area contributed by atoms with Gasteiger partial charge in [-0.25, -0.2) is 0 Å². The quantitative estimate of drug-likeness (QED) is 0.276. The Morgan fingerprint density at radius 2 is 2.25 bits per heavy atom. The van der Waals surface area contributed by atoms with E-state index in [1.807, 2.05) is 0 Å². The molecule has 0 radical (unpaired) electrons. The maximum Gasteiger partial charge on any atom is 0.00687 e. The van der Waals surface area contributed by atoms with Gasteiger partial charge in [-0.05, 0) is 23.3 Å². The molecule has 0 amide bonds. The highest BCUT2D eigenvalue weighted by atomic mass is 33.1. The first-order chi connectivity index (χ1) is 3.77. The fourth-order valence-corrected chi connectivity index (χ4v) is 0.876. The molecule has 0 fully saturated rings. The lowest BCUT2D eigenvalue weighted by Crippen LogP contribution is -2.05. The van der Waals surface area contributed by atoms with Crippen molar-refractivity contribution >= 4 is 22.6 Å². The number of hydrogen-bond acceptors (Lipinski definition) is 3. The van der Waals surface area contributed by atoms with Gasteiger partial charge in [-0.3, -0.25) is 4.72 Å². The molecule has 0 atom stereocenters. The molecule has 0 rings (SSSR count). The van der Waals surface area contributed by atoms with E-state index < -0.39 is 0 Å². The van der Waals surface area contributed by atoms with Crippen LogP contribution in [-0.2, 0) is 0 Å². The summed E-state index contributed by atoms with van der Waals surface area (Å²) in [6.07, 6.45) is 1.23. The molecule has 0 saturated heterocycles. The van der Waals surface area contributed by atoms with E-state index in [0.29, 0.717) is 0 Å². The summed E-state index contributed by atoms with van der Waals surface area (Å²) < 4.78 is 3.06. The van der Waals surface area contributed by atoms with Gasteiger partial charge in [0.1, 0.15) is 0 Å². The summed E-state index contributed by atoms with van der Waals surface area (Å²) in [6, 6.07) is 0. The van der Waals surface area contributed by atoms with Crippen LogP contribution in [0, 0.1) is 5.92 Å². The van der Waals surface area contributed by atoms with Crippen LogP contribution in [0.1, 0.15) is 20.3 Å². The van der Waals surface area contributed by atoms with Gasteiger partial charge in [-0.2, -0.15) is 0 Å². The summed E-state index contributed by atoms with van der Waals surface area (Å²) in [4.78, 5) is 0. The topological polar surface area (TPSA) is 12.0 Å². The van der Waals surface area contributed by atoms with Crippen LogP contribution in [-0.4, -0.2) is 6.54 Å². The van der Waals surface area contributed by atoms with Gasteiger partial charge in [0.2, 0.25) is 0 Å². The van der Waals surface area contributed by atoms with Gasteiger partial charge < -0.3 is 0 Å². The van der Waals surface area contributed by atoms with Crippen molar-refractivity contribution in [3.05, 3.63) is 0 Å². The third-order valence-corrected chi connectivity index (χ3v) is 1.61. The van der Waals surface area contributed by atoms with Gasteiger partial charge in [-0.1, -0.05) is 25.5 Å². The number of rotatable bonds is 4. The molecule has 8 heavy (non-hydrogen) atoms. The van der Waals surface area contributed by atoms with Crippen molar-refractivity contribution in [2.75, 3.05) is 6.54 Å². The summed E-state index contributed by atoms with van der Waals surface area (Å²) in [5.74, 6) is 0.794. The highest BCUT2D eigenvalue weighted by Crippen LogP contribution is 2.01. The minimum atomic E-state index is 0.794. The van der Waals surface area contributed by atoms with Gasteiger partial charge in [0.05, 0.1) is 0 Å². The fraction of sp³-hybridized carbons (Fsp3) is 1.00. The molecule has 3 heteroatoms. The van der Waals surface area contributed by atoms with E-state index in [4.69, 9.17) is 0 Å². The van der Waals surface area contributed by atoms with Gasteiger partial charge in [0, 0.05) is 6.54 Å². The van der Waals surface area contributed by atoms with Crippen LogP contribution in [0.2, 0.25) is 0 Å². The van der Waals surface area contributed by atoms with Crippen molar-refractivity contribution in [2.45, 2.75) is 20.3 Å². The fourth-order valence-electron chi connectivity index (χ4n) is 0.393. The van der Waals surface area contributed by atoms with Crippen LogP contribution in [0.15, 0.2) is 0 Å². The average molecular weight is 151 g/mol. The van der Waals surface area contributed by atoms with Crippen LogP contribution in [0.5, 0.6) is 0 Å². The van der Waals surface area contributed by atoms with Crippen molar-refractivity contribution in [2.24, 2.45) is 5.92 Å². The second-order valence-electron chi connectivity index (χ2n) is 2.17. The number of hydrogen-bond donors (Lipinski definition) is 2. The Hall–Kier alpha value is 0.660. The molecule has 0 spiro atoms. The van der Waals surface area contributed by atoms with Crippen molar-refractivity contribution in [1.29, 1.82) is 0 Å². The smallest absolute Gasteiger partial charge is 0.00687 e. The molecular weight excluding hydrogens is 138 g/mol. The molecule has 0 unspecified atom stereocenters. The molecule has 0 aromatic carbocycles. The van der Waals surface area contributed by atoms with Gasteiger partial charge in [-0.15, -0.1) is 0 Å². The second kappa shape index (κ2) is 5.79. The van der Waals surface area contributed by atoms with Crippen molar-refractivity contribution in [3.63, 3.8) is 0 Å². The largest absolute Gasteiger partial charge is 0.255 e. The molecule has 0 heterocycles. The molecule has 0 aromatic heterocycles. The van der Waals surface area contributed by atoms with Crippen molar-refractivity contribution < 1.29 is 0 Å². The Labute approximate surface area is 60.6 Å². The number of nitrogens with one attached hydrogen (secondary N) is 1. The Morgan fingerprint density at radius 1 is 1.62 bits per heavy atom. The van der Waals surface area contributed by atoms with E-state index in [1.165, 1.54) is 17.4 Å². The second-order valence-corrected chi connectivity index (χ2v) is 3.19. The summed E-state index contributed by atoms with van der Waals surface area (Å²) >= 11 is 3.93. The third-order valence-electron chi connectivity index (χ3n) is 0.888. The normalized spacial score (nSPS) is 10.5. The predicted octanol–water partition coefficient (Wildman–Crippen LogP) is 2.12. The Kier molecular flexibility index (Phi) is 6.27. The molecule has 0 saturated carbocycles. The van der Waals surface area contributed by atoms with Crippen LogP contribution >= 0.6 is 22.6 Å². The van der Waals surface area contributed by atoms with E-state index in [1.54, 1.807) is 0 Å². The molecule has 1 nitrogen and oxygen atoms in total. The molecule has 0 aliphatic carbocycles. The SMILES string of the molecule is CC(C)CCNSS. The average Bonchev–Trinajstić information content (AvgIpc) is 1.66. The first kappa shape index (κ1) is 8.66. The molecule has 50 valence electrons. The Morgan fingerprint density at radius 3 is 2.62 bits per heavy atom. The number of thiol groups is 1. The lowest BCUT2D eigenvalue weighted by molar-refractivity contribution is 0.586. The van der Waals surface area contributed by atoms with Crippen LogP contribution in [0.4, 0.5) is 0 Å². The standard InChI is InChI=1S/C5H13NS2/c1-5(2)3-4-6-8-7/h5-7H,3-4H2,1-2H3. The van der Waals surface area contributed by atoms with Gasteiger partial charge >= 0.3 is 0 Å². The zero-order valence-electron chi connectivity index (χ0n) is 5.35. The molecule has 0 aromatic rings. The van der Waals surface area contributed by atoms with Crippen LogP contribution in [0.3, 0.4) is 0 Å². The van der Waals surface area contributed by atoms with Gasteiger partial charge in [0.15, 0.2) is 0 Å². The van der Waals surface area contributed by atoms with E-state index in [-0.39, 0.29) is 0 Å². The first-order valence-electron chi connectivity index (χ1n) is 2.80. The Balaban J connectivity index is 2.72. The lowest BCUT2D eigenvalue weighted by atomic mass is 10.1. The van der Waals surface area contributed by atoms with Crippen molar-refractivity contribution in [3.8, 4) is 0 Å². The minimum Gasteiger partial charge on any atom is -0.255 e. The third kappa shape index (κ3) is 6.66. The zero-order chi connectivity index (χ0) is 6.41. The summed E-state index contributed by atoms with van der Waals surface area (Å²) in [7, 11) is 1.39. The van der Waals surface area contributed by atoms with Gasteiger partial charge in [0.25, 0.3) is 0 Å². The van der Waals surface area contributed by atoms with Crippen LogP contribution in [0.25, 0.3) is 0 Å². The summed E-state index contributed by atoms with van der Waals surface area (Å²) in [6.45, 7) is 5.49. The summed E-state index contributed by atoms with van der Waals surface area (Å²) in [5.41, 5.74) is 0. The molecule has 0 bridgehead atoms. The Bertz CT molecular complexity index is 47.7. The maximum absolute atomic E-state index is 3.93. The highest BCUT2D eigenvalue weighted by molar-refractivity contribution is 8.67.